The van der Waals surface area contributed by atoms with Crippen molar-refractivity contribution in [1.29, 1.82) is 0 Å². The molecule has 0 saturated carbocycles. The number of hydrogen-bond donors (Lipinski definition) is 1. The Kier molecular flexibility index (Phi) is 5.57. The Hall–Kier alpha value is -2.72. The van der Waals surface area contributed by atoms with E-state index < -0.39 is 6.04 Å². The molecule has 0 aromatic heterocycles. The minimum absolute atomic E-state index is 0.114. The van der Waals surface area contributed by atoms with Crippen LogP contribution >= 0.6 is 0 Å². The van der Waals surface area contributed by atoms with Crippen LogP contribution in [0.3, 0.4) is 0 Å². The van der Waals surface area contributed by atoms with Crippen molar-refractivity contribution in [2.75, 3.05) is 6.61 Å². The molecule has 4 heteroatoms. The Morgan fingerprint density at radius 1 is 1.11 bits per heavy atom. The van der Waals surface area contributed by atoms with Crippen molar-refractivity contribution in [3.63, 3.8) is 0 Å². The first-order valence-corrected chi connectivity index (χ1v) is 9.11. The van der Waals surface area contributed by atoms with Crippen molar-refractivity contribution in [3.05, 3.63) is 71.0 Å². The number of aryl methyl sites for hydroxylation is 2. The van der Waals surface area contributed by atoms with Gasteiger partial charge in [0.05, 0.1) is 13.0 Å². The lowest BCUT2D eigenvalue weighted by Gasteiger charge is -2.18. The number of hydrogen-bond acceptors (Lipinski definition) is 3. The van der Waals surface area contributed by atoms with Gasteiger partial charge in [-0.05, 0) is 83.6 Å². The Bertz CT molecular complexity index is 974. The maximum atomic E-state index is 13.7. The molecule has 0 bridgehead atoms. The van der Waals surface area contributed by atoms with Gasteiger partial charge in [-0.3, -0.25) is 4.79 Å². The molecule has 2 N–H and O–H groups in total. The van der Waals surface area contributed by atoms with Gasteiger partial charge in [-0.25, -0.2) is 4.39 Å². The summed E-state index contributed by atoms with van der Waals surface area (Å²) in [5.41, 5.74) is 11.0. The van der Waals surface area contributed by atoms with Crippen molar-refractivity contribution in [3.8, 4) is 11.1 Å². The van der Waals surface area contributed by atoms with Crippen LogP contribution in [0.2, 0.25) is 0 Å². The maximum absolute atomic E-state index is 13.7. The third-order valence-electron chi connectivity index (χ3n) is 4.77. The lowest BCUT2D eigenvalue weighted by atomic mass is 9.89. The normalized spacial score (nSPS) is 12.2. The van der Waals surface area contributed by atoms with Crippen molar-refractivity contribution in [2.45, 2.75) is 33.2 Å². The molecule has 140 valence electrons. The Labute approximate surface area is 159 Å². The molecule has 1 unspecified atom stereocenters. The highest BCUT2D eigenvalue weighted by molar-refractivity contribution is 5.92. The van der Waals surface area contributed by atoms with Gasteiger partial charge in [0.1, 0.15) is 5.82 Å². The number of carbonyl (C=O) groups excluding carboxylic acids is 1. The van der Waals surface area contributed by atoms with Crippen LogP contribution in [0.4, 0.5) is 4.39 Å². The molecule has 3 aromatic rings. The van der Waals surface area contributed by atoms with E-state index >= 15 is 0 Å². The first-order chi connectivity index (χ1) is 12.9. The molecule has 3 rings (SSSR count). The van der Waals surface area contributed by atoms with Gasteiger partial charge in [-0.2, -0.15) is 0 Å². The van der Waals surface area contributed by atoms with Crippen LogP contribution in [-0.4, -0.2) is 12.6 Å². The number of carbonyl (C=O) groups is 1. The van der Waals surface area contributed by atoms with E-state index in [4.69, 9.17) is 10.5 Å². The van der Waals surface area contributed by atoms with Crippen LogP contribution in [0.15, 0.2) is 48.5 Å². The molecular weight excluding hydrogens is 341 g/mol. The van der Waals surface area contributed by atoms with Crippen molar-refractivity contribution in [2.24, 2.45) is 5.73 Å². The largest absolute Gasteiger partial charge is 0.466 e. The van der Waals surface area contributed by atoms with Crippen molar-refractivity contribution < 1.29 is 13.9 Å². The van der Waals surface area contributed by atoms with E-state index in [-0.39, 0.29) is 18.2 Å². The number of rotatable bonds is 5. The highest BCUT2D eigenvalue weighted by atomic mass is 19.1. The molecule has 0 spiro atoms. The number of fused-ring (bicyclic) bond motifs is 1. The van der Waals surface area contributed by atoms with Gasteiger partial charge < -0.3 is 10.5 Å². The van der Waals surface area contributed by atoms with Gasteiger partial charge in [0.2, 0.25) is 0 Å². The third-order valence-corrected chi connectivity index (χ3v) is 4.77. The second-order valence-corrected chi connectivity index (χ2v) is 6.82. The molecule has 0 radical (unpaired) electrons. The Balaban J connectivity index is 2.16. The summed E-state index contributed by atoms with van der Waals surface area (Å²) < 4.78 is 18.8. The summed E-state index contributed by atoms with van der Waals surface area (Å²) in [7, 11) is 0. The number of benzene rings is 3. The number of esters is 1. The lowest BCUT2D eigenvalue weighted by molar-refractivity contribution is -0.143. The number of nitrogens with two attached hydrogens (primary N) is 1. The monoisotopic (exact) mass is 365 g/mol. The molecule has 3 nitrogen and oxygen atoms in total. The molecule has 0 amide bonds. The fourth-order valence-electron chi connectivity index (χ4n) is 3.67. The summed E-state index contributed by atoms with van der Waals surface area (Å²) in [6, 6.07) is 14.6. The molecule has 1 atom stereocenters. The average Bonchev–Trinajstić information content (AvgIpc) is 2.60. The zero-order valence-electron chi connectivity index (χ0n) is 15.9. The van der Waals surface area contributed by atoms with Gasteiger partial charge in [0.25, 0.3) is 0 Å². The molecule has 0 saturated heterocycles. The fraction of sp³-hybridized carbons (Fsp3) is 0.261. The lowest BCUT2D eigenvalue weighted by Crippen LogP contribution is -2.17. The molecule has 3 aromatic carbocycles. The molecule has 0 aliphatic heterocycles. The van der Waals surface area contributed by atoms with Crippen LogP contribution in [0.25, 0.3) is 21.9 Å². The molecular formula is C23H24FNO2. The minimum atomic E-state index is -0.477. The molecule has 27 heavy (non-hydrogen) atoms. The fourth-order valence-corrected chi connectivity index (χ4v) is 3.67. The van der Waals surface area contributed by atoms with E-state index in [2.05, 4.69) is 6.07 Å². The topological polar surface area (TPSA) is 52.3 Å². The zero-order chi connectivity index (χ0) is 19.6. The summed E-state index contributed by atoms with van der Waals surface area (Å²) in [6.07, 6.45) is 0.114. The minimum Gasteiger partial charge on any atom is -0.466 e. The SMILES string of the molecule is CCOC(=O)CC(N)c1cc(-c2c(C)cc(F)cc2C)cc2ccccc12. The zero-order valence-corrected chi connectivity index (χ0v) is 15.9. The Morgan fingerprint density at radius 2 is 1.78 bits per heavy atom. The number of ether oxygens (including phenoxy) is 1. The van der Waals surface area contributed by atoms with Gasteiger partial charge in [-0.1, -0.05) is 24.3 Å². The molecule has 0 aliphatic rings. The molecule has 0 aliphatic carbocycles. The van der Waals surface area contributed by atoms with Crippen LogP contribution in [0.5, 0.6) is 0 Å². The first kappa shape index (κ1) is 19.1. The average molecular weight is 365 g/mol. The van der Waals surface area contributed by atoms with Crippen molar-refractivity contribution >= 4 is 16.7 Å². The number of halogens is 1. The van der Waals surface area contributed by atoms with E-state index in [0.29, 0.717) is 6.61 Å². The molecule has 0 fully saturated rings. The summed E-state index contributed by atoms with van der Waals surface area (Å²) >= 11 is 0. The van der Waals surface area contributed by atoms with E-state index in [1.165, 1.54) is 12.1 Å². The second kappa shape index (κ2) is 7.89. The summed E-state index contributed by atoms with van der Waals surface area (Å²) in [5.74, 6) is -0.553. The van der Waals surface area contributed by atoms with E-state index in [0.717, 1.165) is 38.6 Å². The first-order valence-electron chi connectivity index (χ1n) is 9.11. The van der Waals surface area contributed by atoms with Crippen LogP contribution < -0.4 is 5.73 Å². The van der Waals surface area contributed by atoms with E-state index in [1.807, 2.05) is 44.2 Å². The quantitative estimate of drug-likeness (QED) is 0.631. The van der Waals surface area contributed by atoms with E-state index in [1.54, 1.807) is 6.92 Å². The van der Waals surface area contributed by atoms with Gasteiger partial charge in [0.15, 0.2) is 0 Å². The maximum Gasteiger partial charge on any atom is 0.307 e. The van der Waals surface area contributed by atoms with Crippen LogP contribution in [0, 0.1) is 19.7 Å². The van der Waals surface area contributed by atoms with Gasteiger partial charge in [0, 0.05) is 6.04 Å². The van der Waals surface area contributed by atoms with Crippen LogP contribution in [-0.2, 0) is 9.53 Å². The highest BCUT2D eigenvalue weighted by Gasteiger charge is 2.18. The predicted octanol–water partition coefficient (Wildman–Crippen LogP) is 5.22. The smallest absolute Gasteiger partial charge is 0.307 e. The standard InChI is InChI=1S/C23H24FNO2/c1-4-27-22(26)13-21(25)20-12-17(11-16-7-5-6-8-19(16)20)23-14(2)9-18(24)10-15(23)3/h5-12,21H,4,13,25H2,1-3H3. The van der Waals surface area contributed by atoms with E-state index in [9.17, 15) is 9.18 Å². The summed E-state index contributed by atoms with van der Waals surface area (Å²) in [6.45, 7) is 5.91. The summed E-state index contributed by atoms with van der Waals surface area (Å²) in [4.78, 5) is 11.9. The Morgan fingerprint density at radius 3 is 2.44 bits per heavy atom. The van der Waals surface area contributed by atoms with Crippen LogP contribution in [0.1, 0.15) is 36.1 Å². The highest BCUT2D eigenvalue weighted by Crippen LogP contribution is 2.35. The van der Waals surface area contributed by atoms with Gasteiger partial charge in [-0.15, -0.1) is 0 Å². The van der Waals surface area contributed by atoms with Gasteiger partial charge >= 0.3 is 5.97 Å². The van der Waals surface area contributed by atoms with Crippen molar-refractivity contribution in [1.82, 2.24) is 0 Å². The predicted molar refractivity (Wildman–Crippen MR) is 107 cm³/mol. The second-order valence-electron chi connectivity index (χ2n) is 6.82. The summed E-state index contributed by atoms with van der Waals surface area (Å²) in [5, 5.41) is 2.04. The molecule has 0 heterocycles. The third kappa shape index (κ3) is 4.01.